The molecular weight excluding hydrogens is 292 g/mol. The van der Waals surface area contributed by atoms with E-state index in [0.29, 0.717) is 19.7 Å². The maximum Gasteiger partial charge on any atom is 0.315 e. The Labute approximate surface area is 137 Å². The summed E-state index contributed by atoms with van der Waals surface area (Å²) in [6, 6.07) is 14.0. The zero-order valence-electron chi connectivity index (χ0n) is 13.9. The molecular formula is C18H24N2O3. The zero-order chi connectivity index (χ0) is 16.7. The van der Waals surface area contributed by atoms with Gasteiger partial charge in [-0.2, -0.15) is 0 Å². The molecule has 1 atom stereocenters. The van der Waals surface area contributed by atoms with E-state index in [0.717, 1.165) is 10.9 Å². The highest BCUT2D eigenvalue weighted by Crippen LogP contribution is 2.18. The largest absolute Gasteiger partial charge is 0.382 e. The van der Waals surface area contributed by atoms with Crippen molar-refractivity contribution in [3.05, 3.63) is 48.0 Å². The topological polar surface area (TPSA) is 59.6 Å². The van der Waals surface area contributed by atoms with E-state index in [2.05, 4.69) is 28.8 Å². The van der Waals surface area contributed by atoms with Crippen LogP contribution in [-0.2, 0) is 16.0 Å². The minimum absolute atomic E-state index is 0.225. The number of ether oxygens (including phenoxy) is 2. The second-order valence-corrected chi connectivity index (χ2v) is 5.76. The standard InChI is InChI=1S/C18H24N2O3/c1-18(23-3,13-22-2)12-20-17(21)19-11-15-9-6-8-14-7-4-5-10-16(14)15/h4-10H,11-13H2,1-3H3,(H2,19,20,21)/t18-/m0/s1. The normalized spacial score (nSPS) is 13.5. The van der Waals surface area contributed by atoms with Gasteiger partial charge in [-0.1, -0.05) is 42.5 Å². The average molecular weight is 316 g/mol. The minimum Gasteiger partial charge on any atom is -0.382 e. The number of amides is 2. The number of benzene rings is 2. The average Bonchev–Trinajstić information content (AvgIpc) is 2.58. The van der Waals surface area contributed by atoms with Crippen LogP contribution < -0.4 is 10.6 Å². The van der Waals surface area contributed by atoms with Gasteiger partial charge in [0.05, 0.1) is 13.2 Å². The van der Waals surface area contributed by atoms with Crippen LogP contribution in [-0.4, -0.2) is 39.0 Å². The summed E-state index contributed by atoms with van der Waals surface area (Å²) < 4.78 is 10.5. The maximum absolute atomic E-state index is 12.0. The van der Waals surface area contributed by atoms with Crippen molar-refractivity contribution in [1.29, 1.82) is 0 Å². The Morgan fingerprint density at radius 2 is 1.83 bits per heavy atom. The number of methoxy groups -OCH3 is 2. The van der Waals surface area contributed by atoms with Gasteiger partial charge in [0.15, 0.2) is 0 Å². The molecule has 0 fully saturated rings. The molecule has 2 amide bonds. The monoisotopic (exact) mass is 316 g/mol. The van der Waals surface area contributed by atoms with Crippen LogP contribution in [0, 0.1) is 0 Å². The third-order valence-corrected chi connectivity index (χ3v) is 3.88. The van der Waals surface area contributed by atoms with Crippen LogP contribution in [0.5, 0.6) is 0 Å². The minimum atomic E-state index is -0.536. The van der Waals surface area contributed by atoms with Crippen molar-refractivity contribution in [2.24, 2.45) is 0 Å². The number of hydrogen-bond acceptors (Lipinski definition) is 3. The van der Waals surface area contributed by atoms with E-state index in [1.807, 2.05) is 31.2 Å². The molecule has 0 radical (unpaired) electrons. The summed E-state index contributed by atoms with van der Waals surface area (Å²) in [5.74, 6) is 0. The van der Waals surface area contributed by atoms with Crippen LogP contribution >= 0.6 is 0 Å². The summed E-state index contributed by atoms with van der Waals surface area (Å²) in [7, 11) is 3.21. The van der Waals surface area contributed by atoms with Crippen molar-refractivity contribution in [2.75, 3.05) is 27.4 Å². The molecule has 2 aromatic carbocycles. The molecule has 0 aliphatic heterocycles. The SMILES string of the molecule is COC[C@](C)(CNC(=O)NCc1cccc2ccccc12)OC. The van der Waals surface area contributed by atoms with Gasteiger partial charge < -0.3 is 20.1 Å². The van der Waals surface area contributed by atoms with Crippen LogP contribution in [0.1, 0.15) is 12.5 Å². The zero-order valence-corrected chi connectivity index (χ0v) is 13.9. The number of hydrogen-bond donors (Lipinski definition) is 2. The lowest BCUT2D eigenvalue weighted by atomic mass is 10.0. The molecule has 0 aliphatic rings. The van der Waals surface area contributed by atoms with E-state index in [9.17, 15) is 4.79 Å². The Bertz CT molecular complexity index is 654. The molecule has 0 spiro atoms. The fraction of sp³-hybridized carbons (Fsp3) is 0.389. The van der Waals surface area contributed by atoms with Gasteiger partial charge in [0.2, 0.25) is 0 Å². The summed E-state index contributed by atoms with van der Waals surface area (Å²) >= 11 is 0. The third kappa shape index (κ3) is 4.68. The molecule has 0 bridgehead atoms. The van der Waals surface area contributed by atoms with Gasteiger partial charge in [-0.15, -0.1) is 0 Å². The maximum atomic E-state index is 12.0. The molecule has 0 saturated carbocycles. The van der Waals surface area contributed by atoms with Crippen molar-refractivity contribution in [3.8, 4) is 0 Å². The van der Waals surface area contributed by atoms with Gasteiger partial charge in [0.1, 0.15) is 5.60 Å². The van der Waals surface area contributed by atoms with Gasteiger partial charge in [0, 0.05) is 20.8 Å². The smallest absolute Gasteiger partial charge is 0.315 e. The summed E-state index contributed by atoms with van der Waals surface area (Å²) in [4.78, 5) is 12.0. The Hall–Kier alpha value is -2.11. The van der Waals surface area contributed by atoms with Crippen molar-refractivity contribution >= 4 is 16.8 Å². The molecule has 23 heavy (non-hydrogen) atoms. The van der Waals surface area contributed by atoms with Gasteiger partial charge >= 0.3 is 6.03 Å². The van der Waals surface area contributed by atoms with E-state index in [-0.39, 0.29) is 6.03 Å². The van der Waals surface area contributed by atoms with Gasteiger partial charge in [0.25, 0.3) is 0 Å². The van der Waals surface area contributed by atoms with Crippen LogP contribution in [0.25, 0.3) is 10.8 Å². The number of carbonyl (C=O) groups is 1. The van der Waals surface area contributed by atoms with E-state index < -0.39 is 5.60 Å². The summed E-state index contributed by atoms with van der Waals surface area (Å²) in [6.07, 6.45) is 0. The molecule has 5 nitrogen and oxygen atoms in total. The predicted octanol–water partition coefficient (Wildman–Crippen LogP) is 2.69. The predicted molar refractivity (Wildman–Crippen MR) is 91.5 cm³/mol. The highest BCUT2D eigenvalue weighted by molar-refractivity contribution is 5.86. The molecule has 0 saturated heterocycles. The number of carbonyl (C=O) groups excluding carboxylic acids is 1. The highest BCUT2D eigenvalue weighted by atomic mass is 16.5. The summed E-state index contributed by atoms with van der Waals surface area (Å²) in [6.45, 7) is 3.15. The molecule has 2 aromatic rings. The Morgan fingerprint density at radius 3 is 2.57 bits per heavy atom. The fourth-order valence-electron chi connectivity index (χ4n) is 2.44. The molecule has 2 rings (SSSR count). The lowest BCUT2D eigenvalue weighted by Gasteiger charge is -2.27. The van der Waals surface area contributed by atoms with Crippen LogP contribution in [0.2, 0.25) is 0 Å². The first kappa shape index (κ1) is 17.2. The van der Waals surface area contributed by atoms with E-state index in [1.54, 1.807) is 14.2 Å². The first-order valence-corrected chi connectivity index (χ1v) is 7.60. The molecule has 124 valence electrons. The first-order valence-electron chi connectivity index (χ1n) is 7.60. The molecule has 0 heterocycles. The lowest BCUT2D eigenvalue weighted by molar-refractivity contribution is -0.0474. The second kappa shape index (κ2) is 7.94. The van der Waals surface area contributed by atoms with Crippen molar-refractivity contribution < 1.29 is 14.3 Å². The van der Waals surface area contributed by atoms with Crippen molar-refractivity contribution in [3.63, 3.8) is 0 Å². The van der Waals surface area contributed by atoms with Gasteiger partial charge in [-0.25, -0.2) is 4.79 Å². The Morgan fingerprint density at radius 1 is 1.09 bits per heavy atom. The Kier molecular flexibility index (Phi) is 5.96. The molecule has 0 aromatic heterocycles. The molecule has 0 unspecified atom stereocenters. The quantitative estimate of drug-likeness (QED) is 0.825. The number of rotatable bonds is 7. The van der Waals surface area contributed by atoms with Crippen molar-refractivity contribution in [1.82, 2.24) is 10.6 Å². The summed E-state index contributed by atoms with van der Waals surface area (Å²) in [5, 5.41) is 8.02. The van der Waals surface area contributed by atoms with Crippen LogP contribution in [0.3, 0.4) is 0 Å². The number of fused-ring (bicyclic) bond motifs is 1. The fourth-order valence-corrected chi connectivity index (χ4v) is 2.44. The first-order chi connectivity index (χ1) is 11.1. The second-order valence-electron chi connectivity index (χ2n) is 5.76. The molecule has 5 heteroatoms. The van der Waals surface area contributed by atoms with E-state index in [1.165, 1.54) is 5.39 Å². The van der Waals surface area contributed by atoms with E-state index in [4.69, 9.17) is 9.47 Å². The van der Waals surface area contributed by atoms with Gasteiger partial charge in [-0.05, 0) is 23.3 Å². The number of nitrogens with one attached hydrogen (secondary N) is 2. The highest BCUT2D eigenvalue weighted by Gasteiger charge is 2.24. The molecule has 2 N–H and O–H groups in total. The van der Waals surface area contributed by atoms with Crippen LogP contribution in [0.4, 0.5) is 4.79 Å². The number of urea groups is 1. The van der Waals surface area contributed by atoms with Crippen molar-refractivity contribution in [2.45, 2.75) is 19.1 Å². The van der Waals surface area contributed by atoms with Gasteiger partial charge in [-0.3, -0.25) is 0 Å². The van der Waals surface area contributed by atoms with E-state index >= 15 is 0 Å². The summed E-state index contributed by atoms with van der Waals surface area (Å²) in [5.41, 5.74) is 0.551. The lowest BCUT2D eigenvalue weighted by Crippen LogP contribution is -2.48. The molecule has 0 aliphatic carbocycles. The Balaban J connectivity index is 1.91. The third-order valence-electron chi connectivity index (χ3n) is 3.88. The van der Waals surface area contributed by atoms with Crippen LogP contribution in [0.15, 0.2) is 42.5 Å².